The largest absolute Gasteiger partial charge is 0.455 e. The Labute approximate surface area is 342 Å². The molecule has 3 heterocycles. The van der Waals surface area contributed by atoms with Crippen molar-refractivity contribution >= 4 is 147 Å². The summed E-state index contributed by atoms with van der Waals surface area (Å²) in [5, 5.41) is 3.22. The average Bonchev–Trinajstić information content (AvgIpc) is 3.84. The monoisotopic (exact) mass is 727 g/mol. The Hall–Kier alpha value is -5.98. The van der Waals surface area contributed by atoms with Gasteiger partial charge in [0.15, 0.2) is 17.5 Å². The molecule has 248 valence electrons. The normalized spacial score (nSPS) is 11.6. The van der Waals surface area contributed by atoms with Gasteiger partial charge >= 0.3 is 0 Å². The maximum absolute atomic E-state index is 6.73. The van der Waals surface area contributed by atoms with Crippen LogP contribution in [-0.4, -0.2) is 69.9 Å². The van der Waals surface area contributed by atoms with E-state index in [1.165, 1.54) is 11.3 Å². The first-order chi connectivity index (χ1) is 27.7. The molecule has 0 spiro atoms. The van der Waals surface area contributed by atoms with Crippen LogP contribution in [0.4, 0.5) is 0 Å². The topological polar surface area (TPSA) is 51.8 Å². The molecule has 3 aromatic heterocycles. The van der Waals surface area contributed by atoms with Crippen LogP contribution < -0.4 is 38.2 Å². The van der Waals surface area contributed by atoms with Crippen LogP contribution in [0.25, 0.3) is 98.5 Å². The minimum atomic E-state index is 0.195. The summed E-state index contributed by atoms with van der Waals surface area (Å²) in [5.41, 5.74) is 9.40. The van der Waals surface area contributed by atoms with E-state index in [4.69, 9.17) is 74.3 Å². The number of thiophene rings is 1. The summed E-state index contributed by atoms with van der Waals surface area (Å²) in [7, 11) is 45.4. The highest BCUT2D eigenvalue weighted by molar-refractivity contribution is 7.28. The van der Waals surface area contributed by atoms with Gasteiger partial charge in [0.25, 0.3) is 0 Å². The van der Waals surface area contributed by atoms with Crippen LogP contribution in [0.3, 0.4) is 0 Å². The van der Waals surface area contributed by atoms with Crippen molar-refractivity contribution in [2.24, 2.45) is 0 Å². The molecule has 0 bridgehead atoms. The molecule has 0 N–H and O–H groups in total. The second-order valence-electron chi connectivity index (χ2n) is 13.9. The molecule has 10 aromatic rings. The van der Waals surface area contributed by atoms with Crippen LogP contribution in [0.15, 0.2) is 126 Å². The van der Waals surface area contributed by atoms with Crippen molar-refractivity contribution < 1.29 is 4.42 Å². The van der Waals surface area contributed by atoms with Gasteiger partial charge in [0.2, 0.25) is 0 Å². The first kappa shape index (κ1) is 35.4. The molecular formula is C45H20B7N3OS. The van der Waals surface area contributed by atoms with E-state index in [1.807, 2.05) is 97.1 Å². The summed E-state index contributed by atoms with van der Waals surface area (Å²) in [6, 6.07) is 40.2. The van der Waals surface area contributed by atoms with Crippen LogP contribution in [0.2, 0.25) is 0 Å². The lowest BCUT2D eigenvalue weighted by Crippen LogP contribution is -2.47. The molecule has 0 aliphatic carbocycles. The third-order valence-corrected chi connectivity index (χ3v) is 11.8. The first-order valence-corrected chi connectivity index (χ1v) is 18.9. The Kier molecular flexibility index (Phi) is 8.46. The Bertz CT molecular complexity index is 3260. The summed E-state index contributed by atoms with van der Waals surface area (Å²) in [6.45, 7) is 0. The van der Waals surface area contributed by atoms with Gasteiger partial charge in [0, 0.05) is 31.3 Å². The minimum Gasteiger partial charge on any atom is -0.455 e. The van der Waals surface area contributed by atoms with Crippen LogP contribution >= 0.6 is 11.3 Å². The van der Waals surface area contributed by atoms with E-state index in [2.05, 4.69) is 24.3 Å². The minimum absolute atomic E-state index is 0.195. The number of aromatic nitrogens is 3. The highest BCUT2D eigenvalue weighted by atomic mass is 32.1. The van der Waals surface area contributed by atoms with E-state index >= 15 is 0 Å². The number of rotatable bonds is 5. The molecule has 12 heteroatoms. The highest BCUT2D eigenvalue weighted by Gasteiger charge is 2.22. The fraction of sp³-hybridized carbons (Fsp3) is 0. The van der Waals surface area contributed by atoms with Crippen molar-refractivity contribution in [1.82, 2.24) is 15.0 Å². The molecule has 7 aromatic carbocycles. The van der Waals surface area contributed by atoms with Gasteiger partial charge < -0.3 is 4.42 Å². The van der Waals surface area contributed by atoms with Crippen LogP contribution in [0, 0.1) is 0 Å². The van der Waals surface area contributed by atoms with E-state index in [1.54, 1.807) is 0 Å². The number of fused-ring (bicyclic) bond motifs is 6. The van der Waals surface area contributed by atoms with Crippen LogP contribution in [0.5, 0.6) is 0 Å². The summed E-state index contributed by atoms with van der Waals surface area (Å²) >= 11 is 1.39. The predicted molar refractivity (Wildman–Crippen MR) is 245 cm³/mol. The van der Waals surface area contributed by atoms with Crippen molar-refractivity contribution in [3.05, 3.63) is 121 Å². The molecule has 0 aliphatic heterocycles. The van der Waals surface area contributed by atoms with Crippen molar-refractivity contribution in [1.29, 1.82) is 0 Å². The van der Waals surface area contributed by atoms with Gasteiger partial charge in [-0.2, -0.15) is 0 Å². The zero-order chi connectivity index (χ0) is 39.1. The summed E-state index contributed by atoms with van der Waals surface area (Å²) < 4.78 is 7.83. The molecule has 0 saturated heterocycles. The second kappa shape index (κ2) is 13.6. The zero-order valence-electron chi connectivity index (χ0n) is 30.2. The van der Waals surface area contributed by atoms with Crippen molar-refractivity contribution in [3.63, 3.8) is 0 Å². The molecule has 0 atom stereocenters. The predicted octanol–water partition coefficient (Wildman–Crippen LogP) is 4.03. The third-order valence-electron chi connectivity index (χ3n) is 10.6. The number of hydrogen-bond acceptors (Lipinski definition) is 5. The number of benzene rings is 7. The number of para-hydroxylation sites is 2. The van der Waals surface area contributed by atoms with E-state index in [-0.39, 0.29) is 21.9 Å². The van der Waals surface area contributed by atoms with E-state index in [9.17, 15) is 0 Å². The second-order valence-corrected chi connectivity index (χ2v) is 14.9. The number of hydrogen-bond donors (Lipinski definition) is 0. The van der Waals surface area contributed by atoms with Gasteiger partial charge in [-0.05, 0) is 45.2 Å². The molecule has 0 aliphatic rings. The lowest BCUT2D eigenvalue weighted by atomic mass is 9.64. The lowest BCUT2D eigenvalue weighted by molar-refractivity contribution is 0.669. The highest BCUT2D eigenvalue weighted by Crippen LogP contribution is 2.38. The van der Waals surface area contributed by atoms with Gasteiger partial charge in [-0.1, -0.05) is 131 Å². The van der Waals surface area contributed by atoms with Crippen molar-refractivity contribution in [2.45, 2.75) is 0 Å². The summed E-state index contributed by atoms with van der Waals surface area (Å²) in [4.78, 5) is 15.1. The first-order valence-electron chi connectivity index (χ1n) is 18.1. The maximum atomic E-state index is 6.73. The van der Waals surface area contributed by atoms with E-state index in [0.29, 0.717) is 60.5 Å². The SMILES string of the molecule is [B]c1c([B])c([B])c2c(sc3c(-c4ccc(-c5nc(-c6ccc(-c7ccccc7)cc6)nc(-c6cccc7c6oc6ccccc67)n5)cc4)c([B])c([B])c([B])c32)c1[B]. The quantitative estimate of drug-likeness (QED) is 0.252. The van der Waals surface area contributed by atoms with E-state index < -0.39 is 0 Å². The third kappa shape index (κ3) is 5.64. The number of nitrogens with zero attached hydrogens (tertiary/aromatic N) is 3. The van der Waals surface area contributed by atoms with Crippen LogP contribution in [0.1, 0.15) is 0 Å². The standard InChI is InChI=1S/C45H20B7N3OS/c46-33-30(41-31(34(47)36(33)49)32-35(48)37(50)38(51)39(52)42(32)57-41)23-15-19-25(20-16-23)44-53-43(24-17-13-22(14-18-24)21-7-2-1-3-8-21)54-45(55-44)28-11-6-10-27-26-9-4-5-12-29(26)56-40(27)28/h1-20H. The Morgan fingerprint density at radius 2 is 0.895 bits per heavy atom. The Balaban J connectivity index is 1.14. The van der Waals surface area contributed by atoms with Gasteiger partial charge in [-0.3, -0.25) is 0 Å². The van der Waals surface area contributed by atoms with Gasteiger partial charge in [-0.15, -0.1) is 27.7 Å². The van der Waals surface area contributed by atoms with Gasteiger partial charge in [0.1, 0.15) is 66.1 Å². The molecule has 4 nitrogen and oxygen atoms in total. The van der Waals surface area contributed by atoms with Crippen LogP contribution in [-0.2, 0) is 0 Å². The van der Waals surface area contributed by atoms with E-state index in [0.717, 1.165) is 54.4 Å². The summed E-state index contributed by atoms with van der Waals surface area (Å²) in [5.74, 6) is 1.47. The average molecular weight is 726 g/mol. The van der Waals surface area contributed by atoms with Crippen molar-refractivity contribution in [3.8, 4) is 56.4 Å². The summed E-state index contributed by atoms with van der Waals surface area (Å²) in [6.07, 6.45) is 0. The molecule has 10 rings (SSSR count). The molecule has 0 unspecified atom stereocenters. The fourth-order valence-corrected chi connectivity index (χ4v) is 8.97. The number of furan rings is 1. The molecular weight excluding hydrogens is 706 g/mol. The zero-order valence-corrected chi connectivity index (χ0v) is 31.1. The molecule has 0 amide bonds. The smallest absolute Gasteiger partial charge is 0.167 e. The van der Waals surface area contributed by atoms with Gasteiger partial charge in [-0.25, -0.2) is 15.0 Å². The Morgan fingerprint density at radius 1 is 0.386 bits per heavy atom. The van der Waals surface area contributed by atoms with Crippen molar-refractivity contribution in [2.75, 3.05) is 0 Å². The molecule has 57 heavy (non-hydrogen) atoms. The Morgan fingerprint density at radius 3 is 1.58 bits per heavy atom. The fourth-order valence-electron chi connectivity index (χ4n) is 7.59. The molecule has 14 radical (unpaired) electrons. The lowest BCUT2D eigenvalue weighted by Gasteiger charge is -2.18. The van der Waals surface area contributed by atoms with Gasteiger partial charge in [0.05, 0.1) is 5.56 Å². The molecule has 0 fully saturated rings. The maximum Gasteiger partial charge on any atom is 0.167 e. The molecule has 0 saturated carbocycles.